The molecule has 0 spiro atoms. The monoisotopic (exact) mass is 240 g/mol. The third-order valence-electron chi connectivity index (χ3n) is 2.88. The minimum absolute atomic E-state index is 0.300. The molecule has 2 aromatic rings. The highest BCUT2D eigenvalue weighted by Gasteiger charge is 2.02. The smallest absolute Gasteiger partial charge is 0.0929 e. The maximum atomic E-state index is 12.4. The number of hydrogen-bond donors (Lipinski definition) is 0. The number of benzene rings is 2. The van der Waals surface area contributed by atoms with Crippen molar-refractivity contribution in [1.29, 1.82) is 0 Å². The summed E-state index contributed by atoms with van der Waals surface area (Å²) in [6.45, 7) is -0.300. The highest BCUT2D eigenvalue weighted by atomic mass is 19.1. The van der Waals surface area contributed by atoms with E-state index in [4.69, 9.17) is 0 Å². The Morgan fingerprint density at radius 3 is 2.11 bits per heavy atom. The van der Waals surface area contributed by atoms with Crippen LogP contribution in [0.3, 0.4) is 0 Å². The van der Waals surface area contributed by atoms with Gasteiger partial charge >= 0.3 is 0 Å². The van der Waals surface area contributed by atoms with Gasteiger partial charge in [-0.1, -0.05) is 66.7 Å². The molecular weight excluding hydrogens is 223 g/mol. The van der Waals surface area contributed by atoms with Crippen LogP contribution < -0.4 is 0 Å². The SMILES string of the molecule is FCC/C=C(/Cc1ccccc1)c1ccccc1. The Hall–Kier alpha value is -1.89. The maximum absolute atomic E-state index is 12.4. The highest BCUT2D eigenvalue weighted by molar-refractivity contribution is 5.67. The fraction of sp³-hybridized carbons (Fsp3) is 0.176. The Morgan fingerprint density at radius 2 is 1.50 bits per heavy atom. The van der Waals surface area contributed by atoms with Gasteiger partial charge in [-0.05, 0) is 29.5 Å². The van der Waals surface area contributed by atoms with Crippen molar-refractivity contribution in [3.8, 4) is 0 Å². The van der Waals surface area contributed by atoms with Crippen molar-refractivity contribution >= 4 is 5.57 Å². The second kappa shape index (κ2) is 6.75. The summed E-state index contributed by atoms with van der Waals surface area (Å²) in [6.07, 6.45) is 3.34. The first-order valence-corrected chi connectivity index (χ1v) is 6.24. The van der Waals surface area contributed by atoms with E-state index in [2.05, 4.69) is 24.3 Å². The normalized spacial score (nSPS) is 11.5. The molecule has 0 aliphatic heterocycles. The van der Waals surface area contributed by atoms with Crippen molar-refractivity contribution in [2.45, 2.75) is 12.8 Å². The van der Waals surface area contributed by atoms with Crippen LogP contribution in [0.15, 0.2) is 66.7 Å². The predicted molar refractivity (Wildman–Crippen MR) is 75.2 cm³/mol. The molecule has 0 amide bonds. The lowest BCUT2D eigenvalue weighted by Crippen LogP contribution is -1.91. The summed E-state index contributed by atoms with van der Waals surface area (Å²) in [7, 11) is 0. The molecule has 0 atom stereocenters. The first-order chi connectivity index (χ1) is 8.90. The molecule has 0 saturated carbocycles. The lowest BCUT2D eigenvalue weighted by Gasteiger charge is -2.08. The van der Waals surface area contributed by atoms with Crippen LogP contribution in [0, 0.1) is 0 Å². The summed E-state index contributed by atoms with van der Waals surface area (Å²) in [6, 6.07) is 20.5. The zero-order valence-electron chi connectivity index (χ0n) is 10.4. The summed E-state index contributed by atoms with van der Waals surface area (Å²) in [5.41, 5.74) is 3.63. The fourth-order valence-electron chi connectivity index (χ4n) is 1.99. The first-order valence-electron chi connectivity index (χ1n) is 6.24. The van der Waals surface area contributed by atoms with Crippen molar-refractivity contribution in [1.82, 2.24) is 0 Å². The molecule has 0 heterocycles. The average molecular weight is 240 g/mol. The van der Waals surface area contributed by atoms with E-state index < -0.39 is 0 Å². The molecule has 0 radical (unpaired) electrons. The van der Waals surface area contributed by atoms with Gasteiger partial charge in [0.25, 0.3) is 0 Å². The minimum atomic E-state index is -0.300. The minimum Gasteiger partial charge on any atom is -0.251 e. The number of hydrogen-bond acceptors (Lipinski definition) is 0. The number of rotatable bonds is 5. The van der Waals surface area contributed by atoms with Gasteiger partial charge in [-0.15, -0.1) is 0 Å². The summed E-state index contributed by atoms with van der Waals surface area (Å²) in [5.74, 6) is 0. The van der Waals surface area contributed by atoms with E-state index in [0.717, 1.165) is 6.42 Å². The first kappa shape index (κ1) is 12.6. The van der Waals surface area contributed by atoms with Crippen LogP contribution in [0.25, 0.3) is 5.57 Å². The molecule has 0 aromatic heterocycles. The Kier molecular flexibility index (Phi) is 4.71. The number of halogens is 1. The molecule has 92 valence electrons. The Balaban J connectivity index is 2.22. The van der Waals surface area contributed by atoms with E-state index in [1.807, 2.05) is 42.5 Å². The lowest BCUT2D eigenvalue weighted by molar-refractivity contribution is 0.501. The molecule has 0 bridgehead atoms. The van der Waals surface area contributed by atoms with Gasteiger partial charge in [-0.2, -0.15) is 0 Å². The van der Waals surface area contributed by atoms with E-state index in [-0.39, 0.29) is 6.67 Å². The predicted octanol–water partition coefficient (Wildman–Crippen LogP) is 4.67. The molecule has 0 N–H and O–H groups in total. The molecule has 1 heteroatoms. The van der Waals surface area contributed by atoms with E-state index in [0.29, 0.717) is 6.42 Å². The summed E-state index contributed by atoms with van der Waals surface area (Å²) >= 11 is 0. The van der Waals surface area contributed by atoms with E-state index in [1.54, 1.807) is 0 Å². The zero-order valence-corrected chi connectivity index (χ0v) is 10.4. The van der Waals surface area contributed by atoms with Crippen LogP contribution >= 0.6 is 0 Å². The van der Waals surface area contributed by atoms with Crippen molar-refractivity contribution in [3.05, 3.63) is 77.9 Å². The van der Waals surface area contributed by atoms with Gasteiger partial charge in [0.1, 0.15) is 0 Å². The molecule has 2 rings (SSSR count). The topological polar surface area (TPSA) is 0 Å². The molecule has 0 aliphatic rings. The van der Waals surface area contributed by atoms with Gasteiger partial charge in [0.05, 0.1) is 6.67 Å². The van der Waals surface area contributed by atoms with Crippen LogP contribution in [0.5, 0.6) is 0 Å². The van der Waals surface area contributed by atoms with Crippen LogP contribution in [0.2, 0.25) is 0 Å². The van der Waals surface area contributed by atoms with Crippen LogP contribution in [0.1, 0.15) is 17.5 Å². The fourth-order valence-corrected chi connectivity index (χ4v) is 1.99. The number of alkyl halides is 1. The van der Waals surface area contributed by atoms with Crippen LogP contribution in [-0.4, -0.2) is 6.67 Å². The van der Waals surface area contributed by atoms with E-state index >= 15 is 0 Å². The van der Waals surface area contributed by atoms with Crippen molar-refractivity contribution in [2.24, 2.45) is 0 Å². The van der Waals surface area contributed by atoms with Crippen LogP contribution in [-0.2, 0) is 6.42 Å². The second-order valence-electron chi connectivity index (χ2n) is 4.24. The molecule has 0 saturated heterocycles. The lowest BCUT2D eigenvalue weighted by atomic mass is 9.97. The summed E-state index contributed by atoms with van der Waals surface area (Å²) in [4.78, 5) is 0. The quantitative estimate of drug-likeness (QED) is 0.712. The van der Waals surface area contributed by atoms with Crippen LogP contribution in [0.4, 0.5) is 4.39 Å². The van der Waals surface area contributed by atoms with E-state index in [1.165, 1.54) is 16.7 Å². The second-order valence-corrected chi connectivity index (χ2v) is 4.24. The molecule has 0 fully saturated rings. The van der Waals surface area contributed by atoms with Gasteiger partial charge in [0.2, 0.25) is 0 Å². The molecule has 2 aromatic carbocycles. The van der Waals surface area contributed by atoms with Gasteiger partial charge in [-0.3, -0.25) is 4.39 Å². The zero-order chi connectivity index (χ0) is 12.6. The van der Waals surface area contributed by atoms with Gasteiger partial charge in [0, 0.05) is 0 Å². The van der Waals surface area contributed by atoms with Crippen molar-refractivity contribution < 1.29 is 4.39 Å². The Bertz CT molecular complexity index is 486. The molecule has 0 nitrogen and oxygen atoms in total. The molecular formula is C17H17F. The average Bonchev–Trinajstić information content (AvgIpc) is 2.45. The molecule has 0 aliphatic carbocycles. The van der Waals surface area contributed by atoms with Crippen molar-refractivity contribution in [3.63, 3.8) is 0 Å². The number of allylic oxidation sites excluding steroid dienone is 2. The molecule has 0 unspecified atom stereocenters. The third kappa shape index (κ3) is 3.56. The Morgan fingerprint density at radius 1 is 0.889 bits per heavy atom. The summed E-state index contributed by atoms with van der Waals surface area (Å²) in [5, 5.41) is 0. The third-order valence-corrected chi connectivity index (χ3v) is 2.88. The van der Waals surface area contributed by atoms with Gasteiger partial charge in [0.15, 0.2) is 0 Å². The Labute approximate surface area is 108 Å². The van der Waals surface area contributed by atoms with Crippen molar-refractivity contribution in [2.75, 3.05) is 6.67 Å². The highest BCUT2D eigenvalue weighted by Crippen LogP contribution is 2.20. The van der Waals surface area contributed by atoms with Gasteiger partial charge in [-0.25, -0.2) is 0 Å². The molecule has 18 heavy (non-hydrogen) atoms. The van der Waals surface area contributed by atoms with E-state index in [9.17, 15) is 4.39 Å². The summed E-state index contributed by atoms with van der Waals surface area (Å²) < 4.78 is 12.4. The standard InChI is InChI=1S/C17H17F/c18-13-7-12-17(16-10-5-2-6-11-16)14-15-8-3-1-4-9-15/h1-6,8-12H,7,13-14H2/b17-12-. The van der Waals surface area contributed by atoms with Gasteiger partial charge < -0.3 is 0 Å². The largest absolute Gasteiger partial charge is 0.251 e. The maximum Gasteiger partial charge on any atom is 0.0929 e.